The zero-order chi connectivity index (χ0) is 13.7. The Morgan fingerprint density at radius 3 is 3.00 bits per heavy atom. The molecule has 0 fully saturated rings. The number of rotatable bonds is 6. The number of hydrogen-bond donors (Lipinski definition) is 1. The minimum Gasteiger partial charge on any atom is -0.492 e. The van der Waals surface area contributed by atoms with Crippen LogP contribution in [0, 0.1) is 6.92 Å². The van der Waals surface area contributed by atoms with Gasteiger partial charge in [-0.2, -0.15) is 0 Å². The highest BCUT2D eigenvalue weighted by molar-refractivity contribution is 5.27. The predicted octanol–water partition coefficient (Wildman–Crippen LogP) is 1.34. The highest BCUT2D eigenvalue weighted by Gasteiger charge is 2.12. The minimum absolute atomic E-state index is 0.119. The number of aryl methyl sites for hydroxylation is 1. The van der Waals surface area contributed by atoms with Gasteiger partial charge in [0.25, 0.3) is 0 Å². The lowest BCUT2D eigenvalue weighted by Crippen LogP contribution is -2.20. The van der Waals surface area contributed by atoms with Crippen molar-refractivity contribution in [3.8, 4) is 5.75 Å². The molecule has 19 heavy (non-hydrogen) atoms. The van der Waals surface area contributed by atoms with Crippen molar-refractivity contribution in [2.75, 3.05) is 13.7 Å². The average Bonchev–Trinajstić information content (AvgIpc) is 2.86. The number of tetrazole rings is 1. The largest absolute Gasteiger partial charge is 0.492 e. The molecule has 0 amide bonds. The van der Waals surface area contributed by atoms with Crippen LogP contribution in [-0.2, 0) is 6.54 Å². The van der Waals surface area contributed by atoms with Crippen molar-refractivity contribution >= 4 is 0 Å². The van der Waals surface area contributed by atoms with E-state index in [1.165, 1.54) is 5.56 Å². The molecule has 0 aliphatic rings. The minimum atomic E-state index is 0.119. The molecule has 6 heteroatoms. The third-order valence-corrected chi connectivity index (χ3v) is 2.94. The van der Waals surface area contributed by atoms with Crippen LogP contribution in [-0.4, -0.2) is 33.9 Å². The summed E-state index contributed by atoms with van der Waals surface area (Å²) in [7, 11) is 1.88. The molecule has 1 unspecified atom stereocenters. The molecular formula is C13H19N5O. The molecule has 0 bridgehead atoms. The van der Waals surface area contributed by atoms with Gasteiger partial charge in [-0.1, -0.05) is 12.1 Å². The van der Waals surface area contributed by atoms with E-state index in [-0.39, 0.29) is 6.04 Å². The normalized spacial score (nSPS) is 12.4. The Morgan fingerprint density at radius 1 is 1.42 bits per heavy atom. The van der Waals surface area contributed by atoms with Crippen LogP contribution >= 0.6 is 0 Å². The number of hydrogen-bond acceptors (Lipinski definition) is 5. The molecule has 0 aliphatic carbocycles. The van der Waals surface area contributed by atoms with Gasteiger partial charge >= 0.3 is 0 Å². The molecule has 6 nitrogen and oxygen atoms in total. The van der Waals surface area contributed by atoms with Gasteiger partial charge in [0.05, 0.1) is 12.6 Å². The number of aromatic nitrogens is 4. The Labute approximate surface area is 112 Å². The van der Waals surface area contributed by atoms with Crippen LogP contribution < -0.4 is 10.1 Å². The van der Waals surface area contributed by atoms with E-state index < -0.39 is 0 Å². The summed E-state index contributed by atoms with van der Waals surface area (Å²) in [5.41, 5.74) is 1.18. The van der Waals surface area contributed by atoms with E-state index in [1.54, 1.807) is 4.68 Å². The maximum atomic E-state index is 5.69. The maximum absolute atomic E-state index is 5.69. The second-order valence-electron chi connectivity index (χ2n) is 4.44. The molecular weight excluding hydrogens is 242 g/mol. The molecule has 0 spiro atoms. The molecule has 1 heterocycles. The molecule has 1 aromatic carbocycles. The summed E-state index contributed by atoms with van der Waals surface area (Å²) in [6.07, 6.45) is 0. The van der Waals surface area contributed by atoms with Crippen molar-refractivity contribution in [2.24, 2.45) is 0 Å². The Hall–Kier alpha value is -1.95. The van der Waals surface area contributed by atoms with Crippen LogP contribution in [0.4, 0.5) is 0 Å². The molecule has 102 valence electrons. The first-order chi connectivity index (χ1) is 9.20. The van der Waals surface area contributed by atoms with Gasteiger partial charge < -0.3 is 10.1 Å². The smallest absolute Gasteiger partial charge is 0.168 e. The standard InChI is InChI=1S/C13H19N5O/c1-10-5-4-6-12(9-10)19-8-7-18-13(11(2)14-3)15-16-17-18/h4-6,9,11,14H,7-8H2,1-3H3. The zero-order valence-electron chi connectivity index (χ0n) is 11.5. The Balaban J connectivity index is 1.91. The lowest BCUT2D eigenvalue weighted by molar-refractivity contribution is 0.285. The van der Waals surface area contributed by atoms with Gasteiger partial charge in [0, 0.05) is 0 Å². The average molecular weight is 261 g/mol. The van der Waals surface area contributed by atoms with Gasteiger partial charge in [0.1, 0.15) is 12.4 Å². The van der Waals surface area contributed by atoms with Crippen LogP contribution in [0.2, 0.25) is 0 Å². The topological polar surface area (TPSA) is 64.9 Å². The number of nitrogens with one attached hydrogen (secondary N) is 1. The third kappa shape index (κ3) is 3.51. The monoisotopic (exact) mass is 261 g/mol. The van der Waals surface area contributed by atoms with Crippen molar-refractivity contribution in [3.63, 3.8) is 0 Å². The Kier molecular flexibility index (Phi) is 4.46. The summed E-state index contributed by atoms with van der Waals surface area (Å²) >= 11 is 0. The summed E-state index contributed by atoms with van der Waals surface area (Å²) in [6, 6.07) is 8.10. The van der Waals surface area contributed by atoms with Crippen molar-refractivity contribution in [2.45, 2.75) is 26.4 Å². The molecule has 0 radical (unpaired) electrons. The van der Waals surface area contributed by atoms with Gasteiger partial charge in [0.15, 0.2) is 5.82 Å². The maximum Gasteiger partial charge on any atom is 0.168 e. The van der Waals surface area contributed by atoms with E-state index >= 15 is 0 Å². The fourth-order valence-electron chi connectivity index (χ4n) is 1.77. The van der Waals surface area contributed by atoms with Crippen LogP contribution in [0.1, 0.15) is 24.4 Å². The first-order valence-electron chi connectivity index (χ1n) is 6.33. The lowest BCUT2D eigenvalue weighted by Gasteiger charge is -2.11. The fourth-order valence-corrected chi connectivity index (χ4v) is 1.77. The summed E-state index contributed by atoms with van der Waals surface area (Å²) in [6.45, 7) is 5.23. The van der Waals surface area contributed by atoms with Gasteiger partial charge in [-0.3, -0.25) is 0 Å². The number of nitrogens with zero attached hydrogens (tertiary/aromatic N) is 4. The molecule has 2 rings (SSSR count). The molecule has 0 saturated heterocycles. The van der Waals surface area contributed by atoms with Crippen molar-refractivity contribution in [1.82, 2.24) is 25.5 Å². The highest BCUT2D eigenvalue weighted by atomic mass is 16.5. The second-order valence-corrected chi connectivity index (χ2v) is 4.44. The molecule has 1 atom stereocenters. The SMILES string of the molecule is CNC(C)c1nnnn1CCOc1cccc(C)c1. The second kappa shape index (κ2) is 6.29. The first-order valence-corrected chi connectivity index (χ1v) is 6.33. The van der Waals surface area contributed by atoms with E-state index in [1.807, 2.05) is 45.2 Å². The fraction of sp³-hybridized carbons (Fsp3) is 0.462. The molecule has 2 aromatic rings. The third-order valence-electron chi connectivity index (χ3n) is 2.94. The van der Waals surface area contributed by atoms with Gasteiger partial charge in [0.2, 0.25) is 0 Å². The van der Waals surface area contributed by atoms with Gasteiger partial charge in [-0.25, -0.2) is 4.68 Å². The zero-order valence-corrected chi connectivity index (χ0v) is 11.5. The number of ether oxygens (including phenoxy) is 1. The van der Waals surface area contributed by atoms with Gasteiger partial charge in [-0.05, 0) is 49.0 Å². The van der Waals surface area contributed by atoms with Crippen LogP contribution in [0.15, 0.2) is 24.3 Å². The van der Waals surface area contributed by atoms with E-state index in [9.17, 15) is 0 Å². The van der Waals surface area contributed by atoms with E-state index in [0.717, 1.165) is 11.6 Å². The van der Waals surface area contributed by atoms with Crippen molar-refractivity contribution in [3.05, 3.63) is 35.7 Å². The first kappa shape index (κ1) is 13.5. The number of benzene rings is 1. The Bertz CT molecular complexity index is 525. The van der Waals surface area contributed by atoms with Crippen LogP contribution in [0.3, 0.4) is 0 Å². The van der Waals surface area contributed by atoms with Crippen molar-refractivity contribution < 1.29 is 4.74 Å². The van der Waals surface area contributed by atoms with Crippen LogP contribution in [0.5, 0.6) is 5.75 Å². The molecule has 1 N–H and O–H groups in total. The van der Waals surface area contributed by atoms with E-state index in [0.29, 0.717) is 13.2 Å². The summed E-state index contributed by atoms with van der Waals surface area (Å²) < 4.78 is 7.45. The Morgan fingerprint density at radius 2 is 2.26 bits per heavy atom. The molecule has 0 saturated carbocycles. The van der Waals surface area contributed by atoms with Crippen LogP contribution in [0.25, 0.3) is 0 Å². The quantitative estimate of drug-likeness (QED) is 0.850. The molecule has 0 aliphatic heterocycles. The van der Waals surface area contributed by atoms with Gasteiger partial charge in [-0.15, -0.1) is 5.10 Å². The summed E-state index contributed by atoms with van der Waals surface area (Å²) in [4.78, 5) is 0. The highest BCUT2D eigenvalue weighted by Crippen LogP contribution is 2.12. The lowest BCUT2D eigenvalue weighted by atomic mass is 10.2. The summed E-state index contributed by atoms with van der Waals surface area (Å²) in [5.74, 6) is 1.69. The van der Waals surface area contributed by atoms with Crippen molar-refractivity contribution in [1.29, 1.82) is 0 Å². The summed E-state index contributed by atoms with van der Waals surface area (Å²) in [5, 5.41) is 14.8. The molecule has 1 aromatic heterocycles. The predicted molar refractivity (Wildman–Crippen MR) is 72.0 cm³/mol. The van der Waals surface area contributed by atoms with E-state index in [2.05, 4.69) is 20.8 Å². The van der Waals surface area contributed by atoms with E-state index in [4.69, 9.17) is 4.74 Å².